The van der Waals surface area contributed by atoms with Gasteiger partial charge in [0.05, 0.1) is 6.04 Å². The van der Waals surface area contributed by atoms with Gasteiger partial charge in [-0.05, 0) is 19.4 Å². The van der Waals surface area contributed by atoms with Crippen LogP contribution in [0.15, 0.2) is 22.8 Å². The van der Waals surface area contributed by atoms with Crippen LogP contribution in [0.25, 0.3) is 0 Å². The highest BCUT2D eigenvalue weighted by Crippen LogP contribution is 2.31. The lowest BCUT2D eigenvalue weighted by Crippen LogP contribution is -2.38. The Bertz CT molecular complexity index is 336. The lowest BCUT2D eigenvalue weighted by Gasteiger charge is -2.17. The van der Waals surface area contributed by atoms with Gasteiger partial charge in [0, 0.05) is 22.5 Å². The van der Waals surface area contributed by atoms with Crippen LogP contribution in [0.5, 0.6) is 0 Å². The van der Waals surface area contributed by atoms with Crippen molar-refractivity contribution < 1.29 is 4.79 Å². The molecule has 1 aliphatic carbocycles. The molecule has 2 atom stereocenters. The van der Waals surface area contributed by atoms with Crippen LogP contribution >= 0.6 is 11.8 Å². The Labute approximate surface area is 93.4 Å². The van der Waals surface area contributed by atoms with E-state index in [2.05, 4.69) is 10.6 Å². The Balaban J connectivity index is 2.00. The minimum absolute atomic E-state index is 0.132. The molecule has 1 heterocycles. The minimum Gasteiger partial charge on any atom is -0.325 e. The molecular weight excluding hydrogens is 210 g/mol. The van der Waals surface area contributed by atoms with E-state index in [1.54, 1.807) is 18.7 Å². The molecular formula is C10H15N3OS. The number of rotatable bonds is 2. The number of hydrogen-bond donors (Lipinski definition) is 3. The van der Waals surface area contributed by atoms with E-state index in [4.69, 9.17) is 5.73 Å². The van der Waals surface area contributed by atoms with Gasteiger partial charge in [0.1, 0.15) is 0 Å². The summed E-state index contributed by atoms with van der Waals surface area (Å²) in [6, 6.07) is -0.0117. The molecule has 1 fully saturated rings. The van der Waals surface area contributed by atoms with Crippen molar-refractivity contribution in [2.24, 2.45) is 5.73 Å². The average molecular weight is 225 g/mol. The molecule has 1 aliphatic heterocycles. The monoisotopic (exact) mass is 225 g/mol. The van der Waals surface area contributed by atoms with Crippen LogP contribution in [0.4, 0.5) is 0 Å². The first-order chi connectivity index (χ1) is 7.16. The van der Waals surface area contributed by atoms with E-state index in [1.807, 2.05) is 12.2 Å². The molecule has 15 heavy (non-hydrogen) atoms. The number of fused-ring (bicyclic) bond motifs is 1. The largest absolute Gasteiger partial charge is 0.325 e. The Morgan fingerprint density at radius 1 is 1.80 bits per heavy atom. The summed E-state index contributed by atoms with van der Waals surface area (Å²) in [5.74, 6) is 0.825. The van der Waals surface area contributed by atoms with Gasteiger partial charge in [-0.15, -0.1) is 11.8 Å². The standard InChI is InChI=1S/C10H15N3OS/c1-6(11)10(14)13-7-2-3-8-9(4-7)15-5-12-8/h2,4,6,8,12H,3,5,11H2,1H3,(H,13,14). The molecule has 2 unspecified atom stereocenters. The fourth-order valence-corrected chi connectivity index (χ4v) is 2.61. The van der Waals surface area contributed by atoms with Crippen LogP contribution < -0.4 is 16.4 Å². The summed E-state index contributed by atoms with van der Waals surface area (Å²) in [6.07, 6.45) is 5.00. The van der Waals surface area contributed by atoms with E-state index in [0.717, 1.165) is 18.0 Å². The number of amides is 1. The Kier molecular flexibility index (Phi) is 3.14. The molecule has 0 aromatic carbocycles. The topological polar surface area (TPSA) is 67.2 Å². The number of nitrogens with two attached hydrogens (primary N) is 1. The highest BCUT2D eigenvalue weighted by atomic mass is 32.2. The highest BCUT2D eigenvalue weighted by Gasteiger charge is 2.23. The molecule has 0 aromatic heterocycles. The first-order valence-electron chi connectivity index (χ1n) is 5.01. The molecule has 1 saturated heterocycles. The fraction of sp³-hybridized carbons (Fsp3) is 0.500. The third-order valence-electron chi connectivity index (χ3n) is 2.46. The summed E-state index contributed by atoms with van der Waals surface area (Å²) < 4.78 is 0. The van der Waals surface area contributed by atoms with Crippen molar-refractivity contribution in [3.63, 3.8) is 0 Å². The zero-order valence-corrected chi connectivity index (χ0v) is 9.43. The van der Waals surface area contributed by atoms with Crippen molar-refractivity contribution in [3.8, 4) is 0 Å². The lowest BCUT2D eigenvalue weighted by atomic mass is 10.1. The van der Waals surface area contributed by atoms with Crippen molar-refractivity contribution in [1.29, 1.82) is 0 Å². The molecule has 0 radical (unpaired) electrons. The maximum absolute atomic E-state index is 11.4. The number of carbonyl (C=O) groups is 1. The van der Waals surface area contributed by atoms with E-state index >= 15 is 0 Å². The van der Waals surface area contributed by atoms with Crippen LogP contribution in [0.3, 0.4) is 0 Å². The summed E-state index contributed by atoms with van der Waals surface area (Å²) in [7, 11) is 0. The summed E-state index contributed by atoms with van der Waals surface area (Å²) >= 11 is 1.79. The molecule has 4 N–H and O–H groups in total. The van der Waals surface area contributed by atoms with E-state index in [1.165, 1.54) is 4.91 Å². The van der Waals surface area contributed by atoms with Crippen molar-refractivity contribution >= 4 is 17.7 Å². The number of nitrogens with one attached hydrogen (secondary N) is 2. The Hall–Kier alpha value is -0.780. The van der Waals surface area contributed by atoms with Gasteiger partial charge in [-0.25, -0.2) is 0 Å². The molecule has 0 aromatic rings. The Morgan fingerprint density at radius 3 is 3.33 bits per heavy atom. The van der Waals surface area contributed by atoms with Crippen molar-refractivity contribution in [3.05, 3.63) is 22.8 Å². The maximum Gasteiger partial charge on any atom is 0.240 e. The van der Waals surface area contributed by atoms with Crippen molar-refractivity contribution in [2.75, 3.05) is 5.88 Å². The second-order valence-corrected chi connectivity index (χ2v) is 4.81. The van der Waals surface area contributed by atoms with Crippen LogP contribution in [0.2, 0.25) is 0 Å². The minimum atomic E-state index is -0.462. The van der Waals surface area contributed by atoms with Gasteiger partial charge >= 0.3 is 0 Å². The summed E-state index contributed by atoms with van der Waals surface area (Å²) in [5, 5.41) is 6.18. The molecule has 4 nitrogen and oxygen atoms in total. The fourth-order valence-electron chi connectivity index (χ4n) is 1.57. The number of carbonyl (C=O) groups excluding carboxylic acids is 1. The second kappa shape index (κ2) is 4.38. The number of hydrogen-bond acceptors (Lipinski definition) is 4. The second-order valence-electron chi connectivity index (χ2n) is 3.77. The van der Waals surface area contributed by atoms with Crippen LogP contribution in [-0.2, 0) is 4.79 Å². The molecule has 1 amide bonds. The third kappa shape index (κ3) is 2.42. The van der Waals surface area contributed by atoms with Crippen LogP contribution in [0, 0.1) is 0 Å². The van der Waals surface area contributed by atoms with Gasteiger partial charge in [-0.1, -0.05) is 6.08 Å². The number of allylic oxidation sites excluding steroid dienone is 1. The predicted molar refractivity (Wildman–Crippen MR) is 62.0 cm³/mol. The van der Waals surface area contributed by atoms with Gasteiger partial charge in [0.15, 0.2) is 0 Å². The van der Waals surface area contributed by atoms with Gasteiger partial charge in [-0.2, -0.15) is 0 Å². The van der Waals surface area contributed by atoms with Gasteiger partial charge in [-0.3, -0.25) is 10.1 Å². The zero-order valence-electron chi connectivity index (χ0n) is 8.62. The van der Waals surface area contributed by atoms with E-state index in [0.29, 0.717) is 6.04 Å². The van der Waals surface area contributed by atoms with Gasteiger partial charge in [0.25, 0.3) is 0 Å². The van der Waals surface area contributed by atoms with Crippen molar-refractivity contribution in [1.82, 2.24) is 10.6 Å². The van der Waals surface area contributed by atoms with E-state index in [9.17, 15) is 4.79 Å². The summed E-state index contributed by atoms with van der Waals surface area (Å²) in [4.78, 5) is 12.7. The molecule has 2 rings (SSSR count). The zero-order chi connectivity index (χ0) is 10.8. The normalized spacial score (nSPS) is 26.4. The summed E-state index contributed by atoms with van der Waals surface area (Å²) in [5.41, 5.74) is 6.36. The lowest BCUT2D eigenvalue weighted by molar-refractivity contribution is -0.121. The molecule has 0 bridgehead atoms. The average Bonchev–Trinajstić information content (AvgIpc) is 2.64. The van der Waals surface area contributed by atoms with Crippen LogP contribution in [-0.4, -0.2) is 23.9 Å². The van der Waals surface area contributed by atoms with E-state index in [-0.39, 0.29) is 5.91 Å². The predicted octanol–water partition coefficient (Wildman–Crippen LogP) is 0.284. The summed E-state index contributed by atoms with van der Waals surface area (Å²) in [6.45, 7) is 1.68. The smallest absolute Gasteiger partial charge is 0.240 e. The van der Waals surface area contributed by atoms with E-state index < -0.39 is 6.04 Å². The molecule has 82 valence electrons. The Morgan fingerprint density at radius 2 is 2.60 bits per heavy atom. The first-order valence-corrected chi connectivity index (χ1v) is 6.00. The third-order valence-corrected chi connectivity index (χ3v) is 3.51. The quantitative estimate of drug-likeness (QED) is 0.631. The SMILES string of the molecule is CC(N)C(=O)NC1=CCC2NCSC2=C1. The van der Waals surface area contributed by atoms with Gasteiger partial charge in [0.2, 0.25) is 5.91 Å². The molecule has 2 aliphatic rings. The van der Waals surface area contributed by atoms with Crippen LogP contribution in [0.1, 0.15) is 13.3 Å². The maximum atomic E-state index is 11.4. The van der Waals surface area contributed by atoms with Gasteiger partial charge < -0.3 is 11.1 Å². The molecule has 0 spiro atoms. The molecule has 5 heteroatoms. The van der Waals surface area contributed by atoms with Crippen molar-refractivity contribution in [2.45, 2.75) is 25.4 Å². The molecule has 0 saturated carbocycles. The number of thioether (sulfide) groups is 1. The highest BCUT2D eigenvalue weighted by molar-refractivity contribution is 8.03. The first kappa shape index (κ1) is 10.7.